The SMILES string of the molecule is O=C(O)CCC(=O)CC[C@H]1C(=O)C[C@H](O)[C@@H]1CCC(=O)O. The average Bonchev–Trinajstić information content (AvgIpc) is 2.65. The van der Waals surface area contributed by atoms with Gasteiger partial charge in [-0.3, -0.25) is 19.2 Å². The second kappa shape index (κ2) is 7.87. The average molecular weight is 300 g/mol. The summed E-state index contributed by atoms with van der Waals surface area (Å²) in [7, 11) is 0. The highest BCUT2D eigenvalue weighted by atomic mass is 16.4. The molecule has 0 unspecified atom stereocenters. The smallest absolute Gasteiger partial charge is 0.303 e. The van der Waals surface area contributed by atoms with E-state index >= 15 is 0 Å². The van der Waals surface area contributed by atoms with Gasteiger partial charge in [-0.2, -0.15) is 0 Å². The summed E-state index contributed by atoms with van der Waals surface area (Å²) in [5.74, 6) is -3.35. The molecule has 0 amide bonds. The Morgan fingerprint density at radius 2 is 1.57 bits per heavy atom. The topological polar surface area (TPSA) is 129 Å². The fraction of sp³-hybridized carbons (Fsp3) is 0.714. The number of carboxylic acids is 2. The Hall–Kier alpha value is -1.76. The van der Waals surface area contributed by atoms with Gasteiger partial charge < -0.3 is 15.3 Å². The van der Waals surface area contributed by atoms with Crippen LogP contribution in [0.25, 0.3) is 0 Å². The van der Waals surface area contributed by atoms with E-state index in [2.05, 4.69) is 0 Å². The Labute approximate surface area is 122 Å². The van der Waals surface area contributed by atoms with Crippen molar-refractivity contribution in [3.63, 3.8) is 0 Å². The molecule has 1 aliphatic carbocycles. The Balaban J connectivity index is 2.49. The highest BCUT2D eigenvalue weighted by molar-refractivity contribution is 5.86. The van der Waals surface area contributed by atoms with Crippen LogP contribution in [0.2, 0.25) is 0 Å². The van der Waals surface area contributed by atoms with E-state index in [1.54, 1.807) is 0 Å². The van der Waals surface area contributed by atoms with Crippen molar-refractivity contribution in [2.24, 2.45) is 11.8 Å². The molecular formula is C14H20O7. The molecule has 0 radical (unpaired) electrons. The Morgan fingerprint density at radius 3 is 2.14 bits per heavy atom. The molecule has 1 fully saturated rings. The number of Topliss-reactive ketones (excluding diaryl/α,β-unsaturated/α-hetero) is 2. The van der Waals surface area contributed by atoms with E-state index < -0.39 is 29.9 Å². The summed E-state index contributed by atoms with van der Waals surface area (Å²) in [4.78, 5) is 44.3. The van der Waals surface area contributed by atoms with E-state index in [0.717, 1.165) is 0 Å². The van der Waals surface area contributed by atoms with Crippen LogP contribution in [0.4, 0.5) is 0 Å². The van der Waals surface area contributed by atoms with Crippen molar-refractivity contribution in [2.75, 3.05) is 0 Å². The van der Waals surface area contributed by atoms with E-state index in [4.69, 9.17) is 10.2 Å². The van der Waals surface area contributed by atoms with Gasteiger partial charge in [-0.1, -0.05) is 0 Å². The van der Waals surface area contributed by atoms with Crippen LogP contribution in [-0.4, -0.2) is 44.9 Å². The Bertz CT molecular complexity index is 429. The second-order valence-corrected chi connectivity index (χ2v) is 5.41. The minimum atomic E-state index is -1.05. The molecule has 0 bridgehead atoms. The van der Waals surface area contributed by atoms with E-state index in [0.29, 0.717) is 0 Å². The summed E-state index contributed by atoms with van der Waals surface area (Å²) >= 11 is 0. The molecule has 7 nitrogen and oxygen atoms in total. The van der Waals surface area contributed by atoms with Gasteiger partial charge in [-0.05, 0) is 18.8 Å². The van der Waals surface area contributed by atoms with Crippen LogP contribution >= 0.6 is 0 Å². The molecule has 0 spiro atoms. The highest BCUT2D eigenvalue weighted by Crippen LogP contribution is 2.35. The highest BCUT2D eigenvalue weighted by Gasteiger charge is 2.41. The Morgan fingerprint density at radius 1 is 0.952 bits per heavy atom. The van der Waals surface area contributed by atoms with E-state index in [-0.39, 0.29) is 56.5 Å². The molecule has 1 rings (SSSR count). The molecule has 118 valence electrons. The molecule has 3 atom stereocenters. The minimum Gasteiger partial charge on any atom is -0.481 e. The lowest BCUT2D eigenvalue weighted by molar-refractivity contribution is -0.138. The van der Waals surface area contributed by atoms with Crippen molar-refractivity contribution in [3.05, 3.63) is 0 Å². The third kappa shape index (κ3) is 5.63. The zero-order valence-electron chi connectivity index (χ0n) is 11.7. The summed E-state index contributed by atoms with van der Waals surface area (Å²) in [5.41, 5.74) is 0. The molecule has 0 aromatic carbocycles. The monoisotopic (exact) mass is 300 g/mol. The van der Waals surface area contributed by atoms with Gasteiger partial charge in [0.15, 0.2) is 0 Å². The molecule has 0 aliphatic heterocycles. The molecule has 3 N–H and O–H groups in total. The maximum absolute atomic E-state index is 11.8. The summed E-state index contributed by atoms with van der Waals surface area (Å²) in [6, 6.07) is 0. The number of ketones is 2. The summed E-state index contributed by atoms with van der Waals surface area (Å²) in [5, 5.41) is 27.0. The molecule has 1 aliphatic rings. The van der Waals surface area contributed by atoms with Crippen molar-refractivity contribution < 1.29 is 34.5 Å². The van der Waals surface area contributed by atoms with E-state index in [1.807, 2.05) is 0 Å². The summed E-state index contributed by atoms with van der Waals surface area (Å²) in [6.07, 6.45) is -0.747. The van der Waals surface area contributed by atoms with Crippen molar-refractivity contribution >= 4 is 23.5 Å². The normalized spacial score (nSPS) is 25.0. The minimum absolute atomic E-state index is 0.00172. The maximum atomic E-state index is 11.8. The lowest BCUT2D eigenvalue weighted by Gasteiger charge is -2.19. The fourth-order valence-corrected chi connectivity index (χ4v) is 2.76. The van der Waals surface area contributed by atoms with Crippen LogP contribution in [0.15, 0.2) is 0 Å². The molecule has 0 heterocycles. The number of hydrogen-bond acceptors (Lipinski definition) is 5. The molecule has 0 aromatic rings. The first-order chi connectivity index (χ1) is 9.81. The van der Waals surface area contributed by atoms with Gasteiger partial charge in [-0.25, -0.2) is 0 Å². The van der Waals surface area contributed by atoms with E-state index in [9.17, 15) is 24.3 Å². The summed E-state index contributed by atoms with van der Waals surface area (Å²) in [6.45, 7) is 0. The van der Waals surface area contributed by atoms with Crippen LogP contribution in [0.3, 0.4) is 0 Å². The van der Waals surface area contributed by atoms with Crippen LogP contribution in [0, 0.1) is 11.8 Å². The third-order valence-corrected chi connectivity index (χ3v) is 3.88. The number of carbonyl (C=O) groups excluding carboxylic acids is 2. The number of rotatable bonds is 9. The lowest BCUT2D eigenvalue weighted by atomic mass is 9.86. The zero-order chi connectivity index (χ0) is 16.0. The predicted molar refractivity (Wildman–Crippen MR) is 70.6 cm³/mol. The van der Waals surface area contributed by atoms with Crippen molar-refractivity contribution in [1.29, 1.82) is 0 Å². The van der Waals surface area contributed by atoms with Crippen molar-refractivity contribution in [3.8, 4) is 0 Å². The first kappa shape index (κ1) is 17.3. The van der Waals surface area contributed by atoms with Gasteiger partial charge >= 0.3 is 11.9 Å². The fourth-order valence-electron chi connectivity index (χ4n) is 2.76. The quantitative estimate of drug-likeness (QED) is 0.569. The molecular weight excluding hydrogens is 280 g/mol. The third-order valence-electron chi connectivity index (χ3n) is 3.88. The van der Waals surface area contributed by atoms with Gasteiger partial charge in [0.05, 0.1) is 12.5 Å². The number of aliphatic hydroxyl groups excluding tert-OH is 1. The van der Waals surface area contributed by atoms with Crippen molar-refractivity contribution in [1.82, 2.24) is 0 Å². The molecule has 7 heteroatoms. The van der Waals surface area contributed by atoms with Crippen molar-refractivity contribution in [2.45, 2.75) is 51.0 Å². The lowest BCUT2D eigenvalue weighted by Crippen LogP contribution is -2.22. The van der Waals surface area contributed by atoms with Crippen LogP contribution in [-0.2, 0) is 19.2 Å². The van der Waals surface area contributed by atoms with Crippen LogP contribution in [0.5, 0.6) is 0 Å². The standard InChI is InChI=1S/C14H20O7/c15-8(2-5-13(18)19)1-3-9-10(4-6-14(20)21)12(17)7-11(9)16/h9-10,12,17H,1-7H2,(H,18,19)(H,20,21)/t9-,10-,12+/m1/s1. The number of hydrogen-bond donors (Lipinski definition) is 3. The molecule has 0 aromatic heterocycles. The van der Waals surface area contributed by atoms with Gasteiger partial charge in [-0.15, -0.1) is 0 Å². The molecule has 1 saturated carbocycles. The van der Waals surface area contributed by atoms with Gasteiger partial charge in [0.1, 0.15) is 11.6 Å². The Kier molecular flexibility index (Phi) is 6.48. The predicted octanol–water partition coefficient (Wildman–Crippen LogP) is 0.631. The van der Waals surface area contributed by atoms with Gasteiger partial charge in [0.2, 0.25) is 0 Å². The summed E-state index contributed by atoms with van der Waals surface area (Å²) < 4.78 is 0. The van der Waals surface area contributed by atoms with Gasteiger partial charge in [0, 0.05) is 31.6 Å². The first-order valence-electron chi connectivity index (χ1n) is 6.97. The molecule has 21 heavy (non-hydrogen) atoms. The largest absolute Gasteiger partial charge is 0.481 e. The number of aliphatic carboxylic acids is 2. The van der Waals surface area contributed by atoms with Crippen LogP contribution in [0.1, 0.15) is 44.9 Å². The van der Waals surface area contributed by atoms with Gasteiger partial charge in [0.25, 0.3) is 0 Å². The van der Waals surface area contributed by atoms with Crippen LogP contribution < -0.4 is 0 Å². The molecule has 0 saturated heterocycles. The number of carbonyl (C=O) groups is 4. The number of carboxylic acid groups (broad SMARTS) is 2. The second-order valence-electron chi connectivity index (χ2n) is 5.41. The zero-order valence-corrected chi connectivity index (χ0v) is 11.7. The first-order valence-corrected chi connectivity index (χ1v) is 6.97. The maximum Gasteiger partial charge on any atom is 0.303 e. The number of aliphatic hydroxyl groups is 1. The van der Waals surface area contributed by atoms with E-state index in [1.165, 1.54) is 0 Å².